The van der Waals surface area contributed by atoms with Gasteiger partial charge in [-0.2, -0.15) is 0 Å². The Morgan fingerprint density at radius 1 is 0.117 bits per heavy atom. The van der Waals surface area contributed by atoms with Crippen LogP contribution in [0.5, 0.6) is 0 Å². The number of nitrogens with zero attached hydrogens (tertiary/aromatic N) is 4. The fourth-order valence-electron chi connectivity index (χ4n) is 24.7. The summed E-state index contributed by atoms with van der Waals surface area (Å²) in [4.78, 5) is 54.3. The lowest BCUT2D eigenvalue weighted by molar-refractivity contribution is 0.103. The zero-order valence-electron chi connectivity index (χ0n) is 79.0. The van der Waals surface area contributed by atoms with Crippen molar-refractivity contribution in [3.05, 3.63) is 646 Å². The zero-order valence-corrected chi connectivity index (χ0v) is 79.0. The van der Waals surface area contributed by atoms with Crippen LogP contribution in [0.1, 0.15) is 115 Å². The van der Waals surface area contributed by atoms with Crippen LogP contribution in [0.3, 0.4) is 0 Å². The zero-order chi connectivity index (χ0) is 96.4. The van der Waals surface area contributed by atoms with Gasteiger partial charge in [-0.15, -0.1) is 0 Å². The maximum absolute atomic E-state index is 15.9. The van der Waals surface area contributed by atoms with E-state index in [0.717, 1.165) is 129 Å². The largest absolute Gasteiger partial charge is 0.310 e. The van der Waals surface area contributed by atoms with Gasteiger partial charge in [0.2, 0.25) is 0 Å². The Morgan fingerprint density at radius 2 is 0.262 bits per heavy atom. The monoisotopic (exact) mass is 1850 g/mol. The molecule has 680 valence electrons. The van der Waals surface area contributed by atoms with E-state index in [1.54, 1.807) is 0 Å². The van der Waals surface area contributed by atoms with Gasteiger partial charge in [-0.1, -0.05) is 376 Å². The fourth-order valence-corrected chi connectivity index (χ4v) is 24.7. The summed E-state index contributed by atoms with van der Waals surface area (Å²) in [5.74, 6) is -0.0971. The number of hydrogen-bond donors (Lipinski definition) is 0. The molecule has 22 aromatic rings. The van der Waals surface area contributed by atoms with Gasteiger partial charge in [0.25, 0.3) is 0 Å². The van der Waals surface area contributed by atoms with Crippen LogP contribution in [0.4, 0.5) is 68.2 Å². The molecular formula is C138H90N4O3. The van der Waals surface area contributed by atoms with Gasteiger partial charge < -0.3 is 19.6 Å². The average molecular weight is 1850 g/mol. The van der Waals surface area contributed by atoms with Gasteiger partial charge in [0, 0.05) is 102 Å². The molecule has 22 aromatic carbocycles. The van der Waals surface area contributed by atoms with E-state index < -0.39 is 16.2 Å². The minimum Gasteiger partial charge on any atom is -0.310 e. The van der Waals surface area contributed by atoms with Crippen molar-refractivity contribution in [2.45, 2.75) is 16.2 Å². The van der Waals surface area contributed by atoms with E-state index >= 15 is 4.79 Å². The van der Waals surface area contributed by atoms with Gasteiger partial charge in [0.05, 0.1) is 16.2 Å². The van der Waals surface area contributed by atoms with Crippen LogP contribution < -0.4 is 19.6 Å². The summed E-state index contributed by atoms with van der Waals surface area (Å²) in [6, 6.07) is 192. The molecule has 0 amide bonds. The van der Waals surface area contributed by atoms with E-state index in [1.165, 1.54) is 72.3 Å². The third-order valence-corrected chi connectivity index (χ3v) is 30.7. The lowest BCUT2D eigenvalue weighted by atomic mass is 9.69. The van der Waals surface area contributed by atoms with Crippen LogP contribution in [0.15, 0.2) is 546 Å². The molecule has 145 heavy (non-hydrogen) atoms. The number of benzene rings is 22. The van der Waals surface area contributed by atoms with Crippen LogP contribution in [-0.2, 0) is 16.2 Å². The predicted molar refractivity (Wildman–Crippen MR) is 590 cm³/mol. The first-order valence-electron chi connectivity index (χ1n) is 49.6. The first kappa shape index (κ1) is 85.3. The second-order valence-corrected chi connectivity index (χ2v) is 38.1. The van der Waals surface area contributed by atoms with Crippen molar-refractivity contribution in [1.82, 2.24) is 0 Å². The van der Waals surface area contributed by atoms with Gasteiger partial charge >= 0.3 is 0 Å². The topological polar surface area (TPSA) is 64.2 Å². The molecule has 0 heterocycles. The second-order valence-electron chi connectivity index (χ2n) is 38.1. The Hall–Kier alpha value is -19.0. The van der Waals surface area contributed by atoms with Crippen molar-refractivity contribution in [3.8, 4) is 66.8 Å². The molecule has 0 atom stereocenters. The van der Waals surface area contributed by atoms with Gasteiger partial charge in [0.15, 0.2) is 17.3 Å². The standard InChI is InChI=1S/C75H48N2O.C63H42N2O2/c78-73(49-37-41-61-59-31-15-19-35-67(59)74(69(61)45-49)65-33-17-13-29-57(65)58-30-14-18-34-66(58)74)50-38-42-62-60-32-16-20-36-68(60)75(70(62)46-50)71-47-55(76(51-21-5-1-6-22-51)52-23-7-2-8-24-52)39-43-63(71)64-44-40-56(48-72(64)75)77(53-25-9-3-10-26-53)54-27-11-4-12-28-54;66-61(43-19-7-1-8-20-43)45-31-35-53-55-37-33-51(64(47-23-11-3-12-24-47)48-25-13-4-14-26-48)41-59(55)63(57(53)39-45)58-40-46(62(67)44-21-9-2-10-22-44)32-36-54(58)56-38-34-52(42-60(56)63)65(49-27-15-5-16-28-49)50-29-17-6-18-30-50/h1-48H;1-42H. The number of ketones is 3. The van der Waals surface area contributed by atoms with E-state index in [0.29, 0.717) is 33.4 Å². The number of carbonyl (C=O) groups is 3. The van der Waals surface area contributed by atoms with Gasteiger partial charge in [-0.25, -0.2) is 0 Å². The Kier molecular flexibility index (Phi) is 20.3. The molecule has 0 saturated heterocycles. The fraction of sp³-hybridized carbons (Fsp3) is 0.0217. The lowest BCUT2D eigenvalue weighted by Gasteiger charge is -2.33. The number of rotatable bonds is 18. The molecule has 0 unspecified atom stereocenters. The Labute approximate surface area is 842 Å². The summed E-state index contributed by atoms with van der Waals surface area (Å²) in [6.45, 7) is 0. The number of para-hydroxylation sites is 8. The minimum atomic E-state index is -0.959. The second kappa shape index (κ2) is 34.5. The van der Waals surface area contributed by atoms with Crippen LogP contribution >= 0.6 is 0 Å². The molecule has 0 bridgehead atoms. The molecule has 7 nitrogen and oxygen atoms in total. The Morgan fingerprint density at radius 3 is 0.469 bits per heavy atom. The maximum Gasteiger partial charge on any atom is 0.193 e. The number of anilines is 12. The summed E-state index contributed by atoms with van der Waals surface area (Å²) >= 11 is 0. The average Bonchev–Trinajstić information content (AvgIpc) is 1.51. The molecular weight excluding hydrogens is 1760 g/mol. The quantitative estimate of drug-likeness (QED) is 0.0793. The number of carbonyl (C=O) groups excluding carboxylic acids is 3. The van der Waals surface area contributed by atoms with Gasteiger partial charge in [-0.05, 0) is 303 Å². The first-order valence-corrected chi connectivity index (χ1v) is 49.6. The van der Waals surface area contributed by atoms with Crippen LogP contribution in [0, 0.1) is 0 Å². The molecule has 6 aliphatic carbocycles. The maximum atomic E-state index is 15.9. The van der Waals surface area contributed by atoms with E-state index in [1.807, 2.05) is 97.1 Å². The molecule has 0 saturated carbocycles. The Balaban J connectivity index is 0.000000146. The number of fused-ring (bicyclic) bond motifs is 30. The van der Waals surface area contributed by atoms with E-state index in [9.17, 15) is 9.59 Å². The highest BCUT2D eigenvalue weighted by Crippen LogP contribution is 2.69. The third kappa shape index (κ3) is 13.3. The van der Waals surface area contributed by atoms with Crippen molar-refractivity contribution < 1.29 is 14.4 Å². The van der Waals surface area contributed by atoms with Crippen LogP contribution in [-0.4, -0.2) is 17.3 Å². The van der Waals surface area contributed by atoms with Crippen molar-refractivity contribution in [3.63, 3.8) is 0 Å². The summed E-state index contributed by atoms with van der Waals surface area (Å²) in [7, 11) is 0. The van der Waals surface area contributed by atoms with Crippen molar-refractivity contribution >= 4 is 85.6 Å². The van der Waals surface area contributed by atoms with Crippen LogP contribution in [0.25, 0.3) is 66.8 Å². The normalized spacial score (nSPS) is 13.1. The van der Waals surface area contributed by atoms with E-state index in [-0.39, 0.29) is 17.3 Å². The van der Waals surface area contributed by atoms with E-state index in [4.69, 9.17) is 0 Å². The molecule has 3 spiro atoms. The SMILES string of the molecule is O=C(c1ccc2c(c1)C1(c3ccccc3-c3ccccc31)c1ccccc1-2)c1ccc2c(c1)C1(c3ccccc3-2)c2cc(N(c3ccccc3)c3ccccc3)ccc2-c2ccc(N(c3ccccc3)c3ccccc3)cc21.O=C(c1ccccc1)c1ccc2c(c1)C1(c3cc(C(=O)c4ccccc4)ccc3-c3ccc(N(c4ccccc4)c4ccccc4)cc31)c1cc(N(c3ccccc3)c3ccccc3)ccc1-2. The van der Waals surface area contributed by atoms with Crippen LogP contribution in [0.2, 0.25) is 0 Å². The molecule has 28 rings (SSSR count). The van der Waals surface area contributed by atoms with Gasteiger partial charge in [-0.3, -0.25) is 14.4 Å². The first-order chi connectivity index (χ1) is 71.7. The highest BCUT2D eigenvalue weighted by atomic mass is 16.1. The third-order valence-electron chi connectivity index (χ3n) is 30.7. The minimum absolute atomic E-state index is 0.00279. The molecule has 0 N–H and O–H groups in total. The highest BCUT2D eigenvalue weighted by molar-refractivity contribution is 6.14. The highest BCUT2D eigenvalue weighted by Gasteiger charge is 2.57. The molecule has 0 aromatic heterocycles. The molecule has 0 aliphatic heterocycles. The summed E-state index contributed by atoms with van der Waals surface area (Å²) in [5, 5.41) is 0. The summed E-state index contributed by atoms with van der Waals surface area (Å²) < 4.78 is 0. The molecule has 0 fully saturated rings. The van der Waals surface area contributed by atoms with Crippen molar-refractivity contribution in [2.24, 2.45) is 0 Å². The molecule has 7 heteroatoms. The number of hydrogen-bond acceptors (Lipinski definition) is 7. The molecule has 6 aliphatic rings. The van der Waals surface area contributed by atoms with E-state index in [2.05, 4.69) is 469 Å². The smallest absolute Gasteiger partial charge is 0.193 e. The van der Waals surface area contributed by atoms with Crippen molar-refractivity contribution in [2.75, 3.05) is 19.6 Å². The molecule has 0 radical (unpaired) electrons. The summed E-state index contributed by atoms with van der Waals surface area (Å²) in [5.41, 5.74) is 41.4. The van der Waals surface area contributed by atoms with Gasteiger partial charge in [0.1, 0.15) is 0 Å². The summed E-state index contributed by atoms with van der Waals surface area (Å²) in [6.07, 6.45) is 0. The predicted octanol–water partition coefficient (Wildman–Crippen LogP) is 34.0. The Bertz CT molecular complexity index is 8340. The lowest BCUT2D eigenvalue weighted by Crippen LogP contribution is -2.27. The van der Waals surface area contributed by atoms with Crippen molar-refractivity contribution in [1.29, 1.82) is 0 Å².